The fourth-order valence-corrected chi connectivity index (χ4v) is 4.56. The summed E-state index contributed by atoms with van der Waals surface area (Å²) in [7, 11) is 0. The SMILES string of the molecule is CC(C)C1CCC(CN)(C(C)(O)c2ccccc2Br)CC1. The van der Waals surface area contributed by atoms with Gasteiger partial charge in [0.15, 0.2) is 0 Å². The molecule has 1 aliphatic carbocycles. The molecule has 0 radical (unpaired) electrons. The van der Waals surface area contributed by atoms with Crippen LogP contribution in [-0.4, -0.2) is 11.7 Å². The van der Waals surface area contributed by atoms with Crippen LogP contribution < -0.4 is 5.73 Å². The maximum absolute atomic E-state index is 11.4. The van der Waals surface area contributed by atoms with Gasteiger partial charge in [0.2, 0.25) is 0 Å². The van der Waals surface area contributed by atoms with Gasteiger partial charge in [-0.3, -0.25) is 0 Å². The minimum atomic E-state index is -0.899. The van der Waals surface area contributed by atoms with E-state index in [1.54, 1.807) is 0 Å². The van der Waals surface area contributed by atoms with Crippen LogP contribution in [0.3, 0.4) is 0 Å². The van der Waals surface area contributed by atoms with Crippen molar-refractivity contribution >= 4 is 15.9 Å². The lowest BCUT2D eigenvalue weighted by Crippen LogP contribution is -2.51. The molecule has 0 amide bonds. The van der Waals surface area contributed by atoms with Crippen LogP contribution in [0.1, 0.15) is 52.0 Å². The Morgan fingerprint density at radius 3 is 2.38 bits per heavy atom. The van der Waals surface area contributed by atoms with Crippen LogP contribution in [0.4, 0.5) is 0 Å². The predicted molar refractivity (Wildman–Crippen MR) is 92.0 cm³/mol. The number of nitrogens with two attached hydrogens (primary N) is 1. The van der Waals surface area contributed by atoms with Crippen molar-refractivity contribution in [1.29, 1.82) is 0 Å². The second-order valence-electron chi connectivity index (χ2n) is 7.12. The third-order valence-corrected chi connectivity index (χ3v) is 6.44. The predicted octanol–water partition coefficient (Wildman–Crippen LogP) is 4.45. The monoisotopic (exact) mass is 353 g/mol. The van der Waals surface area contributed by atoms with Crippen LogP contribution >= 0.6 is 15.9 Å². The molecule has 0 aliphatic heterocycles. The van der Waals surface area contributed by atoms with Gasteiger partial charge < -0.3 is 10.8 Å². The first kappa shape index (κ1) is 17.0. The fourth-order valence-electron chi connectivity index (χ4n) is 3.89. The van der Waals surface area contributed by atoms with Gasteiger partial charge in [-0.1, -0.05) is 48.0 Å². The highest BCUT2D eigenvalue weighted by atomic mass is 79.9. The Hall–Kier alpha value is -0.380. The molecule has 2 nitrogen and oxygen atoms in total. The summed E-state index contributed by atoms with van der Waals surface area (Å²) < 4.78 is 0.966. The van der Waals surface area contributed by atoms with E-state index in [0.29, 0.717) is 12.5 Å². The van der Waals surface area contributed by atoms with Crippen molar-refractivity contribution in [3.63, 3.8) is 0 Å². The molecule has 1 aromatic carbocycles. The minimum Gasteiger partial charge on any atom is -0.385 e. The second-order valence-corrected chi connectivity index (χ2v) is 7.97. The molecule has 0 spiro atoms. The summed E-state index contributed by atoms with van der Waals surface area (Å²) in [5.74, 6) is 1.48. The lowest BCUT2D eigenvalue weighted by molar-refractivity contribution is -0.101. The molecule has 1 saturated carbocycles. The normalized spacial score (nSPS) is 29.4. The molecule has 1 aliphatic rings. The van der Waals surface area contributed by atoms with Gasteiger partial charge in [-0.05, 0) is 56.1 Å². The zero-order valence-corrected chi connectivity index (χ0v) is 15.0. The molecule has 0 heterocycles. The highest BCUT2D eigenvalue weighted by Gasteiger charge is 2.49. The van der Waals surface area contributed by atoms with Crippen molar-refractivity contribution in [2.45, 2.75) is 52.1 Å². The van der Waals surface area contributed by atoms with E-state index in [4.69, 9.17) is 5.73 Å². The summed E-state index contributed by atoms with van der Waals surface area (Å²) in [5, 5.41) is 11.4. The third kappa shape index (κ3) is 3.06. The molecule has 1 atom stereocenters. The Morgan fingerprint density at radius 1 is 1.33 bits per heavy atom. The number of hydrogen-bond donors (Lipinski definition) is 2. The van der Waals surface area contributed by atoms with Crippen molar-refractivity contribution in [3.05, 3.63) is 34.3 Å². The van der Waals surface area contributed by atoms with E-state index in [1.165, 1.54) is 0 Å². The van der Waals surface area contributed by atoms with Gasteiger partial charge in [0.25, 0.3) is 0 Å². The number of halogens is 1. The molecule has 3 heteroatoms. The van der Waals surface area contributed by atoms with Gasteiger partial charge >= 0.3 is 0 Å². The zero-order chi connectivity index (χ0) is 15.7. The van der Waals surface area contributed by atoms with E-state index < -0.39 is 5.60 Å². The summed E-state index contributed by atoms with van der Waals surface area (Å²) in [6, 6.07) is 7.97. The number of aliphatic hydroxyl groups is 1. The van der Waals surface area contributed by atoms with Crippen LogP contribution in [0.15, 0.2) is 28.7 Å². The van der Waals surface area contributed by atoms with Crippen molar-refractivity contribution in [2.75, 3.05) is 6.54 Å². The molecule has 0 saturated heterocycles. The summed E-state index contributed by atoms with van der Waals surface area (Å²) in [6.07, 6.45) is 4.33. The summed E-state index contributed by atoms with van der Waals surface area (Å²) in [4.78, 5) is 0. The molecule has 1 aromatic rings. The molecule has 1 fully saturated rings. The number of hydrogen-bond acceptors (Lipinski definition) is 2. The van der Waals surface area contributed by atoms with E-state index in [0.717, 1.165) is 41.6 Å². The first-order valence-corrected chi connectivity index (χ1v) is 8.81. The van der Waals surface area contributed by atoms with Gasteiger partial charge in [0.05, 0.1) is 5.60 Å². The molecule has 2 rings (SSSR count). The van der Waals surface area contributed by atoms with Crippen molar-refractivity contribution < 1.29 is 5.11 Å². The molecule has 3 N–H and O–H groups in total. The molecule has 0 bridgehead atoms. The highest BCUT2D eigenvalue weighted by molar-refractivity contribution is 9.10. The minimum absolute atomic E-state index is 0.220. The maximum Gasteiger partial charge on any atom is 0.0947 e. The lowest BCUT2D eigenvalue weighted by atomic mass is 9.59. The first-order valence-electron chi connectivity index (χ1n) is 8.01. The van der Waals surface area contributed by atoms with Gasteiger partial charge in [-0.15, -0.1) is 0 Å². The van der Waals surface area contributed by atoms with Crippen LogP contribution in [0.2, 0.25) is 0 Å². The molecule has 21 heavy (non-hydrogen) atoms. The first-order chi connectivity index (χ1) is 9.84. The van der Waals surface area contributed by atoms with E-state index in [1.807, 2.05) is 31.2 Å². The van der Waals surface area contributed by atoms with E-state index in [-0.39, 0.29) is 5.41 Å². The van der Waals surface area contributed by atoms with Crippen LogP contribution in [0.5, 0.6) is 0 Å². The molecule has 1 unspecified atom stereocenters. The van der Waals surface area contributed by atoms with Crippen LogP contribution in [0, 0.1) is 17.3 Å². The fraction of sp³-hybridized carbons (Fsp3) is 0.667. The maximum atomic E-state index is 11.4. The average Bonchev–Trinajstić information content (AvgIpc) is 2.47. The van der Waals surface area contributed by atoms with Gasteiger partial charge in [-0.25, -0.2) is 0 Å². The Kier molecular flexibility index (Phi) is 5.17. The van der Waals surface area contributed by atoms with Crippen LogP contribution in [-0.2, 0) is 5.60 Å². The highest BCUT2D eigenvalue weighted by Crippen LogP contribution is 2.52. The average molecular weight is 354 g/mol. The van der Waals surface area contributed by atoms with Crippen molar-refractivity contribution in [2.24, 2.45) is 23.0 Å². The second kappa shape index (κ2) is 6.39. The standard InChI is InChI=1S/C18H28BrNO/c1-13(2)14-8-10-18(12-20,11-9-14)17(3,21)15-6-4-5-7-16(15)19/h4-7,13-14,21H,8-12,20H2,1-3H3. The Morgan fingerprint density at radius 2 is 1.90 bits per heavy atom. The Balaban J connectivity index is 2.30. The molecule has 118 valence electrons. The lowest BCUT2D eigenvalue weighted by Gasteiger charge is -2.50. The van der Waals surface area contributed by atoms with Crippen molar-refractivity contribution in [3.8, 4) is 0 Å². The van der Waals surface area contributed by atoms with E-state index >= 15 is 0 Å². The van der Waals surface area contributed by atoms with Crippen LogP contribution in [0.25, 0.3) is 0 Å². The topological polar surface area (TPSA) is 46.2 Å². The zero-order valence-electron chi connectivity index (χ0n) is 13.4. The summed E-state index contributed by atoms with van der Waals surface area (Å²) >= 11 is 3.59. The summed E-state index contributed by atoms with van der Waals surface area (Å²) in [5.41, 5.74) is 6.00. The largest absolute Gasteiger partial charge is 0.385 e. The number of benzene rings is 1. The third-order valence-electron chi connectivity index (χ3n) is 5.75. The molecule has 0 aromatic heterocycles. The Bertz CT molecular complexity index is 476. The number of rotatable bonds is 4. The van der Waals surface area contributed by atoms with Gasteiger partial charge in [-0.2, -0.15) is 0 Å². The Labute approximate surface area is 137 Å². The van der Waals surface area contributed by atoms with E-state index in [9.17, 15) is 5.11 Å². The van der Waals surface area contributed by atoms with Gasteiger partial charge in [0.1, 0.15) is 0 Å². The van der Waals surface area contributed by atoms with Crippen molar-refractivity contribution in [1.82, 2.24) is 0 Å². The summed E-state index contributed by atoms with van der Waals surface area (Å²) in [6.45, 7) is 7.07. The van der Waals surface area contributed by atoms with E-state index in [2.05, 4.69) is 29.8 Å². The smallest absolute Gasteiger partial charge is 0.0947 e. The quantitative estimate of drug-likeness (QED) is 0.839. The molecular formula is C18H28BrNO. The molecular weight excluding hydrogens is 326 g/mol. The van der Waals surface area contributed by atoms with Gasteiger partial charge in [0, 0.05) is 16.4 Å².